The van der Waals surface area contributed by atoms with Gasteiger partial charge in [0, 0.05) is 11.3 Å². The molecule has 2 aromatic rings. The molecule has 0 unspecified atom stereocenters. The average Bonchev–Trinajstić information content (AvgIpc) is 3.00. The van der Waals surface area contributed by atoms with E-state index < -0.39 is 0 Å². The SMILES string of the molecule is CCCCCC#C/C=C1\Cn2c(nc3ccccc32)S1. The second-order valence-electron chi connectivity index (χ2n) is 4.96. The number of thioether (sulfide) groups is 1. The maximum Gasteiger partial charge on any atom is 0.174 e. The van der Waals surface area contributed by atoms with E-state index in [4.69, 9.17) is 0 Å². The summed E-state index contributed by atoms with van der Waals surface area (Å²) in [6, 6.07) is 8.30. The zero-order valence-electron chi connectivity index (χ0n) is 11.7. The van der Waals surface area contributed by atoms with Crippen molar-refractivity contribution in [2.75, 3.05) is 0 Å². The van der Waals surface area contributed by atoms with Crippen molar-refractivity contribution in [3.05, 3.63) is 35.2 Å². The van der Waals surface area contributed by atoms with E-state index in [9.17, 15) is 0 Å². The molecule has 0 saturated heterocycles. The standard InChI is InChI=1S/C17H18N2S/c1-2-3-4-5-6-7-10-14-13-19-16-12-9-8-11-15(16)18-17(19)20-14/h8-12H,2-5,13H2,1H3/b14-10+. The molecule has 0 amide bonds. The zero-order valence-corrected chi connectivity index (χ0v) is 12.5. The third-order valence-electron chi connectivity index (χ3n) is 3.40. The van der Waals surface area contributed by atoms with Crippen LogP contribution in [-0.2, 0) is 6.54 Å². The lowest BCUT2D eigenvalue weighted by Crippen LogP contribution is -1.91. The third-order valence-corrected chi connectivity index (χ3v) is 4.40. The quantitative estimate of drug-likeness (QED) is 0.604. The van der Waals surface area contributed by atoms with Gasteiger partial charge in [0.1, 0.15) is 0 Å². The number of allylic oxidation sites excluding steroid dienone is 2. The van der Waals surface area contributed by atoms with Crippen LogP contribution in [0.1, 0.15) is 32.6 Å². The fraction of sp³-hybridized carbons (Fsp3) is 0.353. The highest BCUT2D eigenvalue weighted by Crippen LogP contribution is 2.37. The predicted octanol–water partition coefficient (Wildman–Crippen LogP) is 4.61. The van der Waals surface area contributed by atoms with Gasteiger partial charge in [0.2, 0.25) is 0 Å². The molecule has 2 heterocycles. The molecule has 0 radical (unpaired) electrons. The van der Waals surface area contributed by atoms with E-state index in [2.05, 4.69) is 52.6 Å². The van der Waals surface area contributed by atoms with Gasteiger partial charge < -0.3 is 4.57 Å². The Morgan fingerprint density at radius 1 is 1.35 bits per heavy atom. The number of hydrogen-bond donors (Lipinski definition) is 0. The fourth-order valence-electron chi connectivity index (χ4n) is 2.33. The smallest absolute Gasteiger partial charge is 0.174 e. The van der Waals surface area contributed by atoms with Crippen LogP contribution in [0.15, 0.2) is 40.4 Å². The average molecular weight is 282 g/mol. The fourth-order valence-corrected chi connectivity index (χ4v) is 3.29. The number of rotatable bonds is 3. The number of nitrogens with zero attached hydrogens (tertiary/aromatic N) is 2. The Bertz CT molecular complexity index is 701. The number of fused-ring (bicyclic) bond motifs is 3. The van der Waals surface area contributed by atoms with Gasteiger partial charge in [0.05, 0.1) is 17.6 Å². The van der Waals surface area contributed by atoms with Gasteiger partial charge in [-0.3, -0.25) is 0 Å². The molecule has 0 fully saturated rings. The van der Waals surface area contributed by atoms with E-state index in [1.807, 2.05) is 6.07 Å². The summed E-state index contributed by atoms with van der Waals surface area (Å²) in [4.78, 5) is 5.94. The van der Waals surface area contributed by atoms with Crippen molar-refractivity contribution in [3.8, 4) is 11.8 Å². The molecule has 1 aromatic carbocycles. The first-order valence-corrected chi connectivity index (χ1v) is 8.00. The molecule has 102 valence electrons. The second-order valence-corrected chi connectivity index (χ2v) is 6.05. The summed E-state index contributed by atoms with van der Waals surface area (Å²) in [7, 11) is 0. The Balaban J connectivity index is 1.68. The number of hydrogen-bond acceptors (Lipinski definition) is 2. The van der Waals surface area contributed by atoms with Gasteiger partial charge >= 0.3 is 0 Å². The van der Waals surface area contributed by atoms with Crippen LogP contribution in [0, 0.1) is 11.8 Å². The van der Waals surface area contributed by atoms with Crippen LogP contribution in [0.25, 0.3) is 11.0 Å². The first-order valence-electron chi connectivity index (χ1n) is 7.19. The minimum absolute atomic E-state index is 0.907. The van der Waals surface area contributed by atoms with E-state index >= 15 is 0 Å². The van der Waals surface area contributed by atoms with Crippen molar-refractivity contribution >= 4 is 22.8 Å². The summed E-state index contributed by atoms with van der Waals surface area (Å²) in [6.07, 6.45) is 6.82. The van der Waals surface area contributed by atoms with Crippen LogP contribution >= 0.6 is 11.8 Å². The van der Waals surface area contributed by atoms with Crippen molar-refractivity contribution in [1.29, 1.82) is 0 Å². The normalized spacial score (nSPS) is 15.3. The minimum Gasteiger partial charge on any atom is -0.314 e. The van der Waals surface area contributed by atoms with Crippen LogP contribution in [-0.4, -0.2) is 9.55 Å². The van der Waals surface area contributed by atoms with Crippen molar-refractivity contribution in [1.82, 2.24) is 9.55 Å². The molecule has 2 nitrogen and oxygen atoms in total. The van der Waals surface area contributed by atoms with E-state index in [1.54, 1.807) is 11.8 Å². The summed E-state index contributed by atoms with van der Waals surface area (Å²) in [5.41, 5.74) is 2.30. The largest absolute Gasteiger partial charge is 0.314 e. The Morgan fingerprint density at radius 2 is 2.25 bits per heavy atom. The van der Waals surface area contributed by atoms with Crippen LogP contribution in [0.3, 0.4) is 0 Å². The Hall–Kier alpha value is -1.66. The van der Waals surface area contributed by atoms with Crippen LogP contribution in [0.4, 0.5) is 0 Å². The molecule has 3 rings (SSSR count). The molecule has 0 aliphatic carbocycles. The number of aromatic nitrogens is 2. The second kappa shape index (κ2) is 6.19. The number of benzene rings is 1. The first-order chi connectivity index (χ1) is 9.88. The topological polar surface area (TPSA) is 17.8 Å². The monoisotopic (exact) mass is 282 g/mol. The molecule has 1 aliphatic heterocycles. The molecule has 0 N–H and O–H groups in total. The molecule has 1 aliphatic rings. The molecule has 0 spiro atoms. The summed E-state index contributed by atoms with van der Waals surface area (Å²) in [6.45, 7) is 3.13. The lowest BCUT2D eigenvalue weighted by atomic mass is 10.2. The highest BCUT2D eigenvalue weighted by Gasteiger charge is 2.20. The van der Waals surface area contributed by atoms with Crippen LogP contribution in [0.5, 0.6) is 0 Å². The van der Waals surface area contributed by atoms with Gasteiger partial charge in [-0.05, 0) is 24.6 Å². The predicted molar refractivity (Wildman–Crippen MR) is 85.6 cm³/mol. The van der Waals surface area contributed by atoms with Crippen molar-refractivity contribution < 1.29 is 0 Å². The number of unbranched alkanes of at least 4 members (excludes halogenated alkanes) is 3. The summed E-state index contributed by atoms with van der Waals surface area (Å²) in [5, 5.41) is 1.09. The maximum atomic E-state index is 4.65. The highest BCUT2D eigenvalue weighted by atomic mass is 32.2. The van der Waals surface area contributed by atoms with E-state index in [1.165, 1.54) is 29.7 Å². The molecular formula is C17H18N2S. The Morgan fingerprint density at radius 3 is 3.15 bits per heavy atom. The number of imidazole rings is 1. The van der Waals surface area contributed by atoms with Gasteiger partial charge in [-0.15, -0.1) is 0 Å². The van der Waals surface area contributed by atoms with E-state index in [0.717, 1.165) is 23.6 Å². The molecule has 0 atom stereocenters. The van der Waals surface area contributed by atoms with Gasteiger partial charge in [0.25, 0.3) is 0 Å². The van der Waals surface area contributed by atoms with Crippen LogP contribution in [0.2, 0.25) is 0 Å². The van der Waals surface area contributed by atoms with Crippen LogP contribution < -0.4 is 0 Å². The van der Waals surface area contributed by atoms with Gasteiger partial charge in [-0.25, -0.2) is 4.98 Å². The van der Waals surface area contributed by atoms with Gasteiger partial charge in [0.15, 0.2) is 5.16 Å². The lowest BCUT2D eigenvalue weighted by Gasteiger charge is -1.96. The molecular weight excluding hydrogens is 264 g/mol. The minimum atomic E-state index is 0.907. The zero-order chi connectivity index (χ0) is 13.8. The molecule has 20 heavy (non-hydrogen) atoms. The first kappa shape index (κ1) is 13.3. The third kappa shape index (κ3) is 2.76. The molecule has 3 heteroatoms. The van der Waals surface area contributed by atoms with E-state index in [-0.39, 0.29) is 0 Å². The summed E-state index contributed by atoms with van der Waals surface area (Å²) >= 11 is 1.74. The van der Waals surface area contributed by atoms with Crippen molar-refractivity contribution in [2.24, 2.45) is 0 Å². The van der Waals surface area contributed by atoms with Gasteiger partial charge in [-0.1, -0.05) is 55.5 Å². The lowest BCUT2D eigenvalue weighted by molar-refractivity contribution is 0.737. The van der Waals surface area contributed by atoms with Gasteiger partial charge in [-0.2, -0.15) is 0 Å². The summed E-state index contributed by atoms with van der Waals surface area (Å²) in [5.74, 6) is 6.42. The Kier molecular flexibility index (Phi) is 4.13. The molecule has 0 saturated carbocycles. The van der Waals surface area contributed by atoms with Crippen molar-refractivity contribution in [3.63, 3.8) is 0 Å². The maximum absolute atomic E-state index is 4.65. The van der Waals surface area contributed by atoms with E-state index in [0.29, 0.717) is 0 Å². The highest BCUT2D eigenvalue weighted by molar-refractivity contribution is 8.03. The molecule has 1 aromatic heterocycles. The molecule has 0 bridgehead atoms. The van der Waals surface area contributed by atoms with Crippen molar-refractivity contribution in [2.45, 2.75) is 44.3 Å². The summed E-state index contributed by atoms with van der Waals surface area (Å²) < 4.78 is 2.27. The number of para-hydroxylation sites is 2. The Labute approximate surface area is 124 Å².